The topological polar surface area (TPSA) is 77.4 Å². The summed E-state index contributed by atoms with van der Waals surface area (Å²) in [6.45, 7) is 3.95. The number of methoxy groups -OCH3 is 1. The smallest absolute Gasteiger partial charge is 0.328 e. The van der Waals surface area contributed by atoms with Crippen molar-refractivity contribution >= 4 is 26.9 Å². The van der Waals surface area contributed by atoms with Gasteiger partial charge >= 0.3 is 5.97 Å². The van der Waals surface area contributed by atoms with Gasteiger partial charge in [-0.3, -0.25) is 0 Å². The number of para-hydroxylation sites is 1. The number of ether oxygens (including phenoxy) is 1. The summed E-state index contributed by atoms with van der Waals surface area (Å²) < 4.78 is 34.3. The molecular weight excluding hydrogens is 376 g/mol. The molecule has 0 aliphatic heterocycles. The normalized spacial score (nSPS) is 12.8. The minimum Gasteiger partial charge on any atom is -0.467 e. The highest BCUT2D eigenvalue weighted by atomic mass is 32.2. The predicted molar refractivity (Wildman–Crippen MR) is 109 cm³/mol. The molecule has 1 aromatic heterocycles. The van der Waals surface area contributed by atoms with Crippen LogP contribution in [-0.4, -0.2) is 32.6 Å². The first kappa shape index (κ1) is 20.1. The Morgan fingerprint density at radius 1 is 1.14 bits per heavy atom. The first-order valence-corrected chi connectivity index (χ1v) is 10.5. The molecular formula is C21H24N2O4S. The summed E-state index contributed by atoms with van der Waals surface area (Å²) >= 11 is 0. The van der Waals surface area contributed by atoms with E-state index in [0.29, 0.717) is 6.42 Å². The van der Waals surface area contributed by atoms with E-state index in [1.165, 1.54) is 7.11 Å². The maximum absolute atomic E-state index is 12.5. The molecule has 3 aromatic rings. The van der Waals surface area contributed by atoms with Crippen molar-refractivity contribution in [3.63, 3.8) is 0 Å². The molecule has 7 heteroatoms. The second-order valence-corrected chi connectivity index (χ2v) is 8.51. The lowest BCUT2D eigenvalue weighted by molar-refractivity contribution is -0.143. The summed E-state index contributed by atoms with van der Waals surface area (Å²) in [5.41, 5.74) is 2.89. The Labute approximate surface area is 165 Å². The van der Waals surface area contributed by atoms with Crippen molar-refractivity contribution in [1.29, 1.82) is 0 Å². The summed E-state index contributed by atoms with van der Waals surface area (Å²) in [5.74, 6) is -0.327. The number of fused-ring (bicyclic) bond motifs is 1. The maximum atomic E-state index is 12.5. The average Bonchev–Trinajstić information content (AvgIpc) is 3.06. The molecule has 0 spiro atoms. The lowest BCUT2D eigenvalue weighted by Gasteiger charge is -2.12. The van der Waals surface area contributed by atoms with Crippen molar-refractivity contribution < 1.29 is 17.9 Å². The Bertz CT molecular complexity index is 1090. The van der Waals surface area contributed by atoms with Crippen molar-refractivity contribution in [2.75, 3.05) is 13.7 Å². The third-order valence-electron chi connectivity index (χ3n) is 4.80. The Morgan fingerprint density at radius 3 is 2.50 bits per heavy atom. The van der Waals surface area contributed by atoms with Crippen LogP contribution in [-0.2, 0) is 26.0 Å². The van der Waals surface area contributed by atoms with E-state index in [0.717, 1.165) is 22.0 Å². The first-order chi connectivity index (χ1) is 13.3. The van der Waals surface area contributed by atoms with E-state index in [-0.39, 0.29) is 17.4 Å². The number of esters is 1. The molecule has 0 aliphatic carbocycles. The number of carbonyl (C=O) groups is 1. The van der Waals surface area contributed by atoms with Gasteiger partial charge in [0.1, 0.15) is 6.04 Å². The minimum absolute atomic E-state index is 0.250. The molecule has 148 valence electrons. The number of carbonyl (C=O) groups excluding carboxylic acids is 1. The van der Waals surface area contributed by atoms with Crippen LogP contribution in [0, 0.1) is 6.92 Å². The average molecular weight is 401 g/mol. The van der Waals surface area contributed by atoms with Gasteiger partial charge in [0, 0.05) is 23.6 Å². The highest BCUT2D eigenvalue weighted by molar-refractivity contribution is 7.89. The van der Waals surface area contributed by atoms with Gasteiger partial charge < -0.3 is 9.30 Å². The third kappa shape index (κ3) is 4.10. The van der Waals surface area contributed by atoms with Crippen molar-refractivity contribution in [2.24, 2.45) is 0 Å². The molecule has 28 heavy (non-hydrogen) atoms. The van der Waals surface area contributed by atoms with E-state index >= 15 is 0 Å². The monoisotopic (exact) mass is 400 g/mol. The SMILES string of the molecule is COC(=O)C(C)n1cc(CCNS(=O)(=O)c2ccc(C)cc2)c2ccccc21. The molecule has 0 saturated heterocycles. The van der Waals surface area contributed by atoms with Crippen molar-refractivity contribution in [1.82, 2.24) is 9.29 Å². The molecule has 1 N–H and O–H groups in total. The molecule has 0 amide bonds. The summed E-state index contributed by atoms with van der Waals surface area (Å²) in [7, 11) is -2.19. The quantitative estimate of drug-likeness (QED) is 0.618. The van der Waals surface area contributed by atoms with E-state index in [2.05, 4.69) is 4.72 Å². The highest BCUT2D eigenvalue weighted by Crippen LogP contribution is 2.25. The number of hydrogen-bond acceptors (Lipinski definition) is 4. The molecule has 2 aromatic carbocycles. The van der Waals surface area contributed by atoms with Gasteiger partial charge in [0.05, 0.1) is 12.0 Å². The second-order valence-electron chi connectivity index (χ2n) is 6.74. The van der Waals surface area contributed by atoms with E-state index in [4.69, 9.17) is 4.74 Å². The second kappa shape index (κ2) is 8.16. The summed E-state index contributed by atoms with van der Waals surface area (Å²) in [6.07, 6.45) is 2.40. The van der Waals surface area contributed by atoms with Gasteiger partial charge in [-0.25, -0.2) is 17.9 Å². The fourth-order valence-electron chi connectivity index (χ4n) is 3.20. The molecule has 1 unspecified atom stereocenters. The molecule has 6 nitrogen and oxygen atoms in total. The number of nitrogens with one attached hydrogen (secondary N) is 1. The van der Waals surface area contributed by atoms with Crippen LogP contribution >= 0.6 is 0 Å². The molecule has 1 atom stereocenters. The summed E-state index contributed by atoms with van der Waals surface area (Å²) in [4.78, 5) is 12.2. The van der Waals surface area contributed by atoms with Crippen LogP contribution in [0.3, 0.4) is 0 Å². The molecule has 0 saturated carbocycles. The van der Waals surface area contributed by atoms with Gasteiger partial charge in [-0.1, -0.05) is 35.9 Å². The number of sulfonamides is 1. The molecule has 0 fully saturated rings. The van der Waals surface area contributed by atoms with Crippen LogP contribution in [0.4, 0.5) is 0 Å². The number of nitrogens with zero attached hydrogens (tertiary/aromatic N) is 1. The summed E-state index contributed by atoms with van der Waals surface area (Å²) in [5, 5.41) is 0.993. The zero-order valence-electron chi connectivity index (χ0n) is 16.2. The third-order valence-corrected chi connectivity index (χ3v) is 6.28. The van der Waals surface area contributed by atoms with Gasteiger partial charge in [-0.05, 0) is 44.0 Å². The van der Waals surface area contributed by atoms with Crippen molar-refractivity contribution in [2.45, 2.75) is 31.2 Å². The lowest BCUT2D eigenvalue weighted by Crippen LogP contribution is -2.26. The Hall–Kier alpha value is -2.64. The van der Waals surface area contributed by atoms with Crippen LogP contribution in [0.5, 0.6) is 0 Å². The van der Waals surface area contributed by atoms with E-state index in [1.807, 2.05) is 42.0 Å². The van der Waals surface area contributed by atoms with E-state index in [1.54, 1.807) is 31.2 Å². The van der Waals surface area contributed by atoms with E-state index < -0.39 is 16.1 Å². The van der Waals surface area contributed by atoms with E-state index in [9.17, 15) is 13.2 Å². The standard InChI is InChI=1S/C21H24N2O4S/c1-15-8-10-18(11-9-15)28(25,26)22-13-12-17-14-23(16(2)21(24)27-3)20-7-5-4-6-19(17)20/h4-11,14,16,22H,12-13H2,1-3H3. The largest absolute Gasteiger partial charge is 0.467 e. The molecule has 0 aliphatic rings. The zero-order chi connectivity index (χ0) is 20.3. The Morgan fingerprint density at radius 2 is 1.82 bits per heavy atom. The lowest BCUT2D eigenvalue weighted by atomic mass is 10.1. The zero-order valence-corrected chi connectivity index (χ0v) is 17.0. The molecule has 3 rings (SSSR count). The maximum Gasteiger partial charge on any atom is 0.328 e. The first-order valence-electron chi connectivity index (χ1n) is 9.06. The van der Waals surface area contributed by atoms with Gasteiger partial charge in [0.15, 0.2) is 0 Å². The molecule has 0 bridgehead atoms. The van der Waals surface area contributed by atoms with Gasteiger partial charge in [0.25, 0.3) is 0 Å². The van der Waals surface area contributed by atoms with Gasteiger partial charge in [-0.15, -0.1) is 0 Å². The van der Waals surface area contributed by atoms with Crippen LogP contribution in [0.25, 0.3) is 10.9 Å². The fraction of sp³-hybridized carbons (Fsp3) is 0.286. The number of aryl methyl sites for hydroxylation is 1. The number of benzene rings is 2. The van der Waals surface area contributed by atoms with Crippen LogP contribution in [0.1, 0.15) is 24.1 Å². The van der Waals surface area contributed by atoms with Crippen LogP contribution < -0.4 is 4.72 Å². The van der Waals surface area contributed by atoms with Crippen molar-refractivity contribution in [3.8, 4) is 0 Å². The predicted octanol–water partition coefficient (Wildman–Crippen LogP) is 3.20. The fourth-order valence-corrected chi connectivity index (χ4v) is 4.23. The van der Waals surface area contributed by atoms with Crippen LogP contribution in [0.15, 0.2) is 59.6 Å². The molecule has 0 radical (unpaired) electrons. The Kier molecular flexibility index (Phi) is 5.86. The summed E-state index contributed by atoms with van der Waals surface area (Å²) in [6, 6.07) is 14.0. The highest BCUT2D eigenvalue weighted by Gasteiger charge is 2.19. The Balaban J connectivity index is 1.79. The number of rotatable bonds is 7. The number of hydrogen-bond donors (Lipinski definition) is 1. The molecule has 1 heterocycles. The van der Waals surface area contributed by atoms with Gasteiger partial charge in [0.2, 0.25) is 10.0 Å². The van der Waals surface area contributed by atoms with Crippen LogP contribution in [0.2, 0.25) is 0 Å². The minimum atomic E-state index is -3.56. The van der Waals surface area contributed by atoms with Gasteiger partial charge in [-0.2, -0.15) is 0 Å². The number of aromatic nitrogens is 1. The van der Waals surface area contributed by atoms with Crippen molar-refractivity contribution in [3.05, 3.63) is 65.9 Å².